The molecular formula is C22H29N3. The summed E-state index contributed by atoms with van der Waals surface area (Å²) < 4.78 is 0. The number of hydrogen-bond donors (Lipinski definition) is 0. The second kappa shape index (κ2) is 7.57. The van der Waals surface area contributed by atoms with Crippen LogP contribution in [-0.2, 0) is 6.54 Å². The molecule has 0 spiro atoms. The zero-order valence-corrected chi connectivity index (χ0v) is 15.3. The molecule has 3 heteroatoms. The molecule has 132 valence electrons. The molecule has 0 unspecified atom stereocenters. The van der Waals surface area contributed by atoms with Crippen molar-refractivity contribution in [3.05, 3.63) is 59.3 Å². The second-order valence-electron chi connectivity index (χ2n) is 7.56. The molecule has 0 aliphatic carbocycles. The van der Waals surface area contributed by atoms with Crippen LogP contribution in [0.1, 0.15) is 54.8 Å². The molecule has 25 heavy (non-hydrogen) atoms. The van der Waals surface area contributed by atoms with Gasteiger partial charge in [0, 0.05) is 31.9 Å². The molecule has 2 aliphatic heterocycles. The summed E-state index contributed by atoms with van der Waals surface area (Å²) in [5.74, 6) is 1.17. The summed E-state index contributed by atoms with van der Waals surface area (Å²) >= 11 is 0. The van der Waals surface area contributed by atoms with Gasteiger partial charge in [-0.3, -0.25) is 4.90 Å². The first-order valence-electron chi connectivity index (χ1n) is 9.81. The van der Waals surface area contributed by atoms with E-state index in [0.717, 1.165) is 19.6 Å². The van der Waals surface area contributed by atoms with E-state index in [9.17, 15) is 0 Å². The van der Waals surface area contributed by atoms with Gasteiger partial charge in [0.15, 0.2) is 0 Å². The standard InChI is InChI=1S/C22H29N3/c1-18-15-22(24-12-7-8-13-24)23-16-20(18)21-11-5-6-14-25(21)17-19-9-3-2-4-10-19/h2-4,9-10,15-16,21H,5-8,11-14,17H2,1H3/t21-/m0/s1. The van der Waals surface area contributed by atoms with Crippen molar-refractivity contribution in [2.24, 2.45) is 0 Å². The van der Waals surface area contributed by atoms with E-state index in [1.54, 1.807) is 0 Å². The summed E-state index contributed by atoms with van der Waals surface area (Å²) in [6.45, 7) is 6.82. The molecule has 1 atom stereocenters. The van der Waals surface area contributed by atoms with Gasteiger partial charge in [0.2, 0.25) is 0 Å². The summed E-state index contributed by atoms with van der Waals surface area (Å²) in [5, 5.41) is 0. The Morgan fingerprint density at radius 1 is 1.00 bits per heavy atom. The maximum Gasteiger partial charge on any atom is 0.128 e. The van der Waals surface area contributed by atoms with Crippen molar-refractivity contribution in [2.45, 2.75) is 51.6 Å². The van der Waals surface area contributed by atoms with Gasteiger partial charge in [-0.1, -0.05) is 36.8 Å². The summed E-state index contributed by atoms with van der Waals surface area (Å²) in [6.07, 6.45) is 8.65. The second-order valence-corrected chi connectivity index (χ2v) is 7.56. The molecule has 2 fully saturated rings. The molecule has 3 heterocycles. The molecule has 2 aliphatic rings. The average Bonchev–Trinajstić information content (AvgIpc) is 3.18. The van der Waals surface area contributed by atoms with Gasteiger partial charge in [-0.05, 0) is 61.9 Å². The zero-order valence-electron chi connectivity index (χ0n) is 15.3. The van der Waals surface area contributed by atoms with Crippen LogP contribution in [0.5, 0.6) is 0 Å². The molecule has 3 nitrogen and oxygen atoms in total. The lowest BCUT2D eigenvalue weighted by Gasteiger charge is -2.37. The van der Waals surface area contributed by atoms with Crippen LogP contribution in [0.3, 0.4) is 0 Å². The SMILES string of the molecule is Cc1cc(N2CCCC2)ncc1[C@@H]1CCCCN1Cc1ccccc1. The molecule has 0 saturated carbocycles. The number of benzene rings is 1. The summed E-state index contributed by atoms with van der Waals surface area (Å²) in [6, 6.07) is 13.7. The van der Waals surface area contributed by atoms with Crippen molar-refractivity contribution >= 4 is 5.82 Å². The highest BCUT2D eigenvalue weighted by Crippen LogP contribution is 2.34. The van der Waals surface area contributed by atoms with E-state index in [0.29, 0.717) is 6.04 Å². The van der Waals surface area contributed by atoms with Crippen LogP contribution in [0, 0.1) is 6.92 Å². The van der Waals surface area contributed by atoms with Crippen molar-refractivity contribution in [3.63, 3.8) is 0 Å². The van der Waals surface area contributed by atoms with Crippen LogP contribution < -0.4 is 4.90 Å². The molecule has 0 bridgehead atoms. The van der Waals surface area contributed by atoms with Crippen LogP contribution in [-0.4, -0.2) is 29.5 Å². The van der Waals surface area contributed by atoms with Gasteiger partial charge in [0.05, 0.1) is 0 Å². The Balaban J connectivity index is 1.55. The van der Waals surface area contributed by atoms with E-state index < -0.39 is 0 Å². The number of piperidine rings is 1. The van der Waals surface area contributed by atoms with Crippen molar-refractivity contribution in [2.75, 3.05) is 24.5 Å². The zero-order chi connectivity index (χ0) is 17.1. The highest BCUT2D eigenvalue weighted by atomic mass is 15.2. The highest BCUT2D eigenvalue weighted by molar-refractivity contribution is 5.45. The number of rotatable bonds is 4. The maximum atomic E-state index is 4.84. The molecule has 1 aromatic carbocycles. The van der Waals surface area contributed by atoms with Crippen LogP contribution in [0.2, 0.25) is 0 Å². The number of anilines is 1. The average molecular weight is 335 g/mol. The predicted molar refractivity (Wildman–Crippen MR) is 104 cm³/mol. The third kappa shape index (κ3) is 3.72. The van der Waals surface area contributed by atoms with Crippen LogP contribution in [0.15, 0.2) is 42.6 Å². The summed E-state index contributed by atoms with van der Waals surface area (Å²) in [7, 11) is 0. The monoisotopic (exact) mass is 335 g/mol. The Morgan fingerprint density at radius 2 is 1.76 bits per heavy atom. The molecule has 0 amide bonds. The van der Waals surface area contributed by atoms with Gasteiger partial charge in [0.1, 0.15) is 5.82 Å². The van der Waals surface area contributed by atoms with Gasteiger partial charge in [0.25, 0.3) is 0 Å². The Labute approximate surface area is 151 Å². The number of nitrogens with zero attached hydrogens (tertiary/aromatic N) is 3. The molecule has 0 N–H and O–H groups in total. The number of pyridine rings is 1. The number of aryl methyl sites for hydroxylation is 1. The fourth-order valence-electron chi connectivity index (χ4n) is 4.37. The van der Waals surface area contributed by atoms with E-state index in [4.69, 9.17) is 4.98 Å². The lowest BCUT2D eigenvalue weighted by atomic mass is 9.93. The van der Waals surface area contributed by atoms with Gasteiger partial charge in [-0.25, -0.2) is 4.98 Å². The quantitative estimate of drug-likeness (QED) is 0.806. The van der Waals surface area contributed by atoms with Crippen LogP contribution in [0.4, 0.5) is 5.82 Å². The van der Waals surface area contributed by atoms with E-state index in [1.165, 1.54) is 61.2 Å². The van der Waals surface area contributed by atoms with Gasteiger partial charge in [-0.2, -0.15) is 0 Å². The molecule has 0 radical (unpaired) electrons. The Kier molecular flexibility index (Phi) is 5.02. The Bertz CT molecular complexity index is 692. The molecule has 1 aromatic heterocycles. The van der Waals surface area contributed by atoms with Crippen LogP contribution in [0.25, 0.3) is 0 Å². The number of aromatic nitrogens is 1. The first-order chi connectivity index (χ1) is 12.3. The normalized spacial score (nSPS) is 21.6. The Hall–Kier alpha value is -1.87. The first-order valence-corrected chi connectivity index (χ1v) is 9.81. The fraction of sp³-hybridized carbons (Fsp3) is 0.500. The van der Waals surface area contributed by atoms with Crippen molar-refractivity contribution in [1.29, 1.82) is 0 Å². The van der Waals surface area contributed by atoms with E-state index in [2.05, 4.69) is 59.3 Å². The third-order valence-electron chi connectivity index (χ3n) is 5.77. The fourth-order valence-corrected chi connectivity index (χ4v) is 4.37. The third-order valence-corrected chi connectivity index (χ3v) is 5.77. The molecule has 4 rings (SSSR count). The molecular weight excluding hydrogens is 306 g/mol. The van der Waals surface area contributed by atoms with Crippen molar-refractivity contribution < 1.29 is 0 Å². The largest absolute Gasteiger partial charge is 0.357 e. The molecule has 2 aromatic rings. The van der Waals surface area contributed by atoms with E-state index in [1.807, 2.05) is 0 Å². The van der Waals surface area contributed by atoms with E-state index in [-0.39, 0.29) is 0 Å². The molecule has 2 saturated heterocycles. The maximum absolute atomic E-state index is 4.84. The van der Waals surface area contributed by atoms with Crippen molar-refractivity contribution in [1.82, 2.24) is 9.88 Å². The summed E-state index contributed by atoms with van der Waals surface area (Å²) in [5.41, 5.74) is 4.24. The van der Waals surface area contributed by atoms with Crippen LogP contribution >= 0.6 is 0 Å². The van der Waals surface area contributed by atoms with Crippen molar-refractivity contribution in [3.8, 4) is 0 Å². The van der Waals surface area contributed by atoms with E-state index >= 15 is 0 Å². The minimum absolute atomic E-state index is 0.508. The highest BCUT2D eigenvalue weighted by Gasteiger charge is 2.26. The lowest BCUT2D eigenvalue weighted by molar-refractivity contribution is 0.139. The minimum atomic E-state index is 0.508. The summed E-state index contributed by atoms with van der Waals surface area (Å²) in [4.78, 5) is 9.92. The van der Waals surface area contributed by atoms with Gasteiger partial charge in [-0.15, -0.1) is 0 Å². The number of hydrogen-bond acceptors (Lipinski definition) is 3. The predicted octanol–water partition coefficient (Wildman–Crippen LogP) is 4.72. The minimum Gasteiger partial charge on any atom is -0.357 e. The topological polar surface area (TPSA) is 19.4 Å². The van der Waals surface area contributed by atoms with Gasteiger partial charge < -0.3 is 4.90 Å². The Morgan fingerprint density at radius 3 is 2.52 bits per heavy atom. The number of likely N-dealkylation sites (tertiary alicyclic amines) is 1. The lowest BCUT2D eigenvalue weighted by Crippen LogP contribution is -2.33. The smallest absolute Gasteiger partial charge is 0.128 e. The first kappa shape index (κ1) is 16.6. The van der Waals surface area contributed by atoms with Gasteiger partial charge >= 0.3 is 0 Å².